The van der Waals surface area contributed by atoms with E-state index in [0.29, 0.717) is 18.2 Å². The van der Waals surface area contributed by atoms with Crippen LogP contribution in [0.4, 0.5) is 4.79 Å². The number of carbonyl (C=O) groups excluding carboxylic acids is 4. The Morgan fingerprint density at radius 3 is 1.95 bits per heavy atom. The second kappa shape index (κ2) is 9.16. The van der Waals surface area contributed by atoms with Gasteiger partial charge in [-0.2, -0.15) is 0 Å². The highest BCUT2D eigenvalue weighted by atomic mass is 16.7. The molecule has 0 N–H and O–H groups in total. The average molecular weight is 536 g/mol. The van der Waals surface area contributed by atoms with E-state index in [1.165, 1.54) is 23.0 Å². The molecule has 3 heterocycles. The number of imide groups is 1. The van der Waals surface area contributed by atoms with Gasteiger partial charge in [-0.3, -0.25) is 9.59 Å². The molecule has 1 aromatic heterocycles. The van der Waals surface area contributed by atoms with Crippen molar-refractivity contribution in [2.75, 3.05) is 19.7 Å². The van der Waals surface area contributed by atoms with Crippen molar-refractivity contribution in [3.8, 4) is 11.1 Å². The average Bonchev–Trinajstić information content (AvgIpc) is 3.62. The molecule has 1 aliphatic carbocycles. The first-order chi connectivity index (χ1) is 19.5. The van der Waals surface area contributed by atoms with E-state index in [1.807, 2.05) is 24.3 Å². The van der Waals surface area contributed by atoms with E-state index in [-0.39, 0.29) is 35.4 Å². The molecule has 2 aliphatic heterocycles. The molecule has 0 radical (unpaired) electrons. The van der Waals surface area contributed by atoms with Gasteiger partial charge in [-0.15, -0.1) is 5.10 Å². The Kier molecular flexibility index (Phi) is 5.44. The van der Waals surface area contributed by atoms with Crippen LogP contribution in [-0.4, -0.2) is 68.5 Å². The number of hydroxylamine groups is 2. The Morgan fingerprint density at radius 2 is 1.35 bits per heavy atom. The number of likely N-dealkylation sites (tertiary alicyclic amines) is 1. The molecule has 3 amide bonds. The summed E-state index contributed by atoms with van der Waals surface area (Å²) < 4.78 is 7.14. The van der Waals surface area contributed by atoms with Gasteiger partial charge < -0.3 is 14.5 Å². The number of amides is 3. The molecular formula is C29H21N5O6. The molecule has 11 nitrogen and oxygen atoms in total. The lowest BCUT2D eigenvalue weighted by Gasteiger charge is -2.38. The molecule has 11 heteroatoms. The van der Waals surface area contributed by atoms with Crippen LogP contribution in [-0.2, 0) is 9.57 Å². The molecule has 7 rings (SSSR count). The predicted molar refractivity (Wildman–Crippen MR) is 138 cm³/mol. The number of ether oxygens (including phenoxy) is 1. The molecule has 3 aromatic carbocycles. The van der Waals surface area contributed by atoms with Crippen LogP contribution in [0.3, 0.4) is 0 Å². The fourth-order valence-electron chi connectivity index (χ4n) is 5.39. The van der Waals surface area contributed by atoms with Crippen LogP contribution >= 0.6 is 0 Å². The normalized spacial score (nSPS) is 15.9. The minimum Gasteiger partial charge on any atom is -0.448 e. The van der Waals surface area contributed by atoms with Crippen molar-refractivity contribution >= 4 is 23.9 Å². The molecule has 0 spiro atoms. The summed E-state index contributed by atoms with van der Waals surface area (Å²) in [6, 6.07) is 22.3. The SMILES string of the molecule is O=C(ON1C(=O)c2ccccc2C1=O)c1cn(C2CN(C(=O)OCC3c4ccccc4-c4ccccc43)C2)nn1. The van der Waals surface area contributed by atoms with Gasteiger partial charge in [0.2, 0.25) is 0 Å². The van der Waals surface area contributed by atoms with Gasteiger partial charge in [0.25, 0.3) is 11.8 Å². The predicted octanol–water partition coefficient (Wildman–Crippen LogP) is 3.45. The number of hydrogen-bond donors (Lipinski definition) is 0. The standard InChI is InChI=1S/C29H21N5O6/c35-26-22-11-5-6-12-23(22)27(36)34(26)40-28(37)25-15-33(31-30-25)17-13-32(14-17)29(38)39-16-24-20-9-3-1-7-18(20)19-8-2-4-10-21(19)24/h1-12,15,17,24H,13-14,16H2. The monoisotopic (exact) mass is 535 g/mol. The fraction of sp³-hybridized carbons (Fsp3) is 0.172. The van der Waals surface area contributed by atoms with Crippen molar-refractivity contribution in [3.63, 3.8) is 0 Å². The third kappa shape index (κ3) is 3.74. The van der Waals surface area contributed by atoms with Crippen LogP contribution in [0, 0.1) is 0 Å². The molecule has 0 bridgehead atoms. The second-order valence-corrected chi connectivity index (χ2v) is 9.78. The van der Waals surface area contributed by atoms with Gasteiger partial charge in [-0.25, -0.2) is 14.3 Å². The van der Waals surface area contributed by atoms with Gasteiger partial charge >= 0.3 is 12.1 Å². The first-order valence-electron chi connectivity index (χ1n) is 12.7. The van der Waals surface area contributed by atoms with E-state index in [4.69, 9.17) is 9.57 Å². The summed E-state index contributed by atoms with van der Waals surface area (Å²) in [6.45, 7) is 0.880. The summed E-state index contributed by atoms with van der Waals surface area (Å²) in [7, 11) is 0. The van der Waals surface area contributed by atoms with Crippen molar-refractivity contribution in [1.82, 2.24) is 25.0 Å². The lowest BCUT2D eigenvalue weighted by atomic mass is 9.98. The first-order valence-corrected chi connectivity index (χ1v) is 12.7. The molecule has 1 saturated heterocycles. The Bertz CT molecular complexity index is 1630. The highest BCUT2D eigenvalue weighted by Gasteiger charge is 2.40. The van der Waals surface area contributed by atoms with Crippen LogP contribution < -0.4 is 0 Å². The summed E-state index contributed by atoms with van der Waals surface area (Å²) in [5, 5.41) is 8.20. The largest absolute Gasteiger partial charge is 0.448 e. The van der Waals surface area contributed by atoms with Gasteiger partial charge in [-0.1, -0.05) is 70.9 Å². The van der Waals surface area contributed by atoms with Crippen molar-refractivity contribution in [3.05, 3.63) is 107 Å². The minimum atomic E-state index is -0.992. The zero-order valence-corrected chi connectivity index (χ0v) is 21.0. The Labute approximate surface area is 227 Å². The highest BCUT2D eigenvalue weighted by Crippen LogP contribution is 2.44. The molecule has 0 unspecified atom stereocenters. The number of carbonyl (C=O) groups is 4. The van der Waals surface area contributed by atoms with E-state index >= 15 is 0 Å². The van der Waals surface area contributed by atoms with Crippen LogP contribution in [0.15, 0.2) is 79.0 Å². The van der Waals surface area contributed by atoms with E-state index in [0.717, 1.165) is 22.3 Å². The topological polar surface area (TPSA) is 124 Å². The smallest absolute Gasteiger partial charge is 0.409 e. The van der Waals surface area contributed by atoms with Crippen LogP contribution in [0.1, 0.15) is 54.3 Å². The molecular weight excluding hydrogens is 514 g/mol. The summed E-state index contributed by atoms with van der Waals surface area (Å²) in [5.74, 6) is -2.47. The van der Waals surface area contributed by atoms with Crippen molar-refractivity contribution < 1.29 is 28.8 Å². The Morgan fingerprint density at radius 1 is 0.800 bits per heavy atom. The van der Waals surface area contributed by atoms with E-state index in [9.17, 15) is 19.2 Å². The number of aromatic nitrogens is 3. The molecule has 0 saturated carbocycles. The molecule has 0 atom stereocenters. The summed E-state index contributed by atoms with van der Waals surface area (Å²) in [4.78, 5) is 56.8. The Hall–Kier alpha value is -5.32. The maximum Gasteiger partial charge on any atom is 0.409 e. The van der Waals surface area contributed by atoms with E-state index < -0.39 is 23.9 Å². The molecule has 40 heavy (non-hydrogen) atoms. The summed E-state index contributed by atoms with van der Waals surface area (Å²) in [6.07, 6.45) is 0.934. The van der Waals surface area contributed by atoms with Crippen LogP contribution in [0.5, 0.6) is 0 Å². The zero-order valence-electron chi connectivity index (χ0n) is 21.0. The Balaban J connectivity index is 0.946. The van der Waals surface area contributed by atoms with Gasteiger partial charge in [0, 0.05) is 19.0 Å². The minimum absolute atomic E-state index is 0.0283. The van der Waals surface area contributed by atoms with Gasteiger partial charge in [-0.05, 0) is 34.4 Å². The van der Waals surface area contributed by atoms with Crippen molar-refractivity contribution in [1.29, 1.82) is 0 Å². The molecule has 1 fully saturated rings. The van der Waals surface area contributed by atoms with Crippen LogP contribution in [0.25, 0.3) is 11.1 Å². The number of nitrogens with zero attached hydrogens (tertiary/aromatic N) is 5. The summed E-state index contributed by atoms with van der Waals surface area (Å²) >= 11 is 0. The first kappa shape index (κ1) is 23.8. The van der Waals surface area contributed by atoms with Gasteiger partial charge in [0.05, 0.1) is 23.4 Å². The van der Waals surface area contributed by atoms with Crippen molar-refractivity contribution in [2.45, 2.75) is 12.0 Å². The summed E-state index contributed by atoms with van der Waals surface area (Å²) in [5.41, 5.74) is 4.75. The van der Waals surface area contributed by atoms with Crippen LogP contribution in [0.2, 0.25) is 0 Å². The quantitative estimate of drug-likeness (QED) is 0.356. The van der Waals surface area contributed by atoms with Gasteiger partial charge in [0.15, 0.2) is 5.69 Å². The van der Waals surface area contributed by atoms with Crippen molar-refractivity contribution in [2.24, 2.45) is 0 Å². The number of rotatable bonds is 5. The maximum atomic E-state index is 12.8. The third-order valence-electron chi connectivity index (χ3n) is 7.48. The fourth-order valence-corrected chi connectivity index (χ4v) is 5.39. The van der Waals surface area contributed by atoms with Gasteiger partial charge in [0.1, 0.15) is 6.61 Å². The number of fused-ring (bicyclic) bond motifs is 4. The lowest BCUT2D eigenvalue weighted by Crippen LogP contribution is -2.51. The van der Waals surface area contributed by atoms with E-state index in [2.05, 4.69) is 34.6 Å². The number of benzene rings is 3. The third-order valence-corrected chi connectivity index (χ3v) is 7.48. The molecule has 198 valence electrons. The highest BCUT2D eigenvalue weighted by molar-refractivity contribution is 6.21. The number of hydrogen-bond acceptors (Lipinski definition) is 8. The second-order valence-electron chi connectivity index (χ2n) is 9.78. The lowest BCUT2D eigenvalue weighted by molar-refractivity contribution is -0.0588. The van der Waals surface area contributed by atoms with E-state index in [1.54, 1.807) is 17.0 Å². The zero-order chi connectivity index (χ0) is 27.4. The molecule has 4 aromatic rings. The molecule has 3 aliphatic rings. The maximum absolute atomic E-state index is 12.8.